The lowest BCUT2D eigenvalue weighted by atomic mass is 10.1. The maximum Gasteiger partial charge on any atom is 0.241 e. The first-order chi connectivity index (χ1) is 7.66. The topological polar surface area (TPSA) is 53.6 Å². The van der Waals surface area contributed by atoms with Gasteiger partial charge in [0.15, 0.2) is 0 Å². The number of carbonyl (C=O) groups is 1. The predicted octanol–water partition coefficient (Wildman–Crippen LogP) is -0.816. The third-order valence-electron chi connectivity index (χ3n) is 3.19. The van der Waals surface area contributed by atoms with Crippen molar-refractivity contribution in [2.75, 3.05) is 32.8 Å². The van der Waals surface area contributed by atoms with Crippen LogP contribution < -0.4 is 10.6 Å². The van der Waals surface area contributed by atoms with E-state index in [1.54, 1.807) is 0 Å². The van der Waals surface area contributed by atoms with Gasteiger partial charge < -0.3 is 20.3 Å². The van der Waals surface area contributed by atoms with Crippen molar-refractivity contribution >= 4 is 5.91 Å². The highest BCUT2D eigenvalue weighted by atomic mass is 16.5. The van der Waals surface area contributed by atoms with Crippen LogP contribution in [0.4, 0.5) is 0 Å². The van der Waals surface area contributed by atoms with Crippen molar-refractivity contribution in [3.05, 3.63) is 0 Å². The molecule has 2 fully saturated rings. The summed E-state index contributed by atoms with van der Waals surface area (Å²) in [5, 5.41) is 6.61. The molecule has 0 aromatic heterocycles. The van der Waals surface area contributed by atoms with Crippen LogP contribution >= 0.6 is 0 Å². The van der Waals surface area contributed by atoms with Gasteiger partial charge in [0, 0.05) is 32.2 Å². The van der Waals surface area contributed by atoms with Gasteiger partial charge in [-0.3, -0.25) is 4.79 Å². The van der Waals surface area contributed by atoms with E-state index >= 15 is 0 Å². The second-order valence-corrected chi connectivity index (χ2v) is 4.74. The van der Waals surface area contributed by atoms with Crippen molar-refractivity contribution in [2.24, 2.45) is 0 Å². The fourth-order valence-electron chi connectivity index (χ4n) is 2.20. The maximum atomic E-state index is 12.2. The monoisotopic (exact) mass is 227 g/mol. The number of rotatable bonds is 1. The van der Waals surface area contributed by atoms with E-state index in [4.69, 9.17) is 4.74 Å². The third-order valence-corrected chi connectivity index (χ3v) is 3.19. The molecule has 5 nitrogen and oxygen atoms in total. The summed E-state index contributed by atoms with van der Waals surface area (Å²) in [5.41, 5.74) is 0. The molecule has 3 unspecified atom stereocenters. The van der Waals surface area contributed by atoms with E-state index in [1.807, 2.05) is 11.8 Å². The van der Waals surface area contributed by atoms with Crippen LogP contribution in [0.1, 0.15) is 13.8 Å². The molecule has 0 aromatic carbocycles. The van der Waals surface area contributed by atoms with Crippen LogP contribution in [0.15, 0.2) is 0 Å². The molecule has 3 atom stereocenters. The highest BCUT2D eigenvalue weighted by Crippen LogP contribution is 2.07. The zero-order chi connectivity index (χ0) is 11.5. The summed E-state index contributed by atoms with van der Waals surface area (Å²) >= 11 is 0. The standard InChI is InChI=1S/C11H21N3O2/c1-8-5-13-10(6-12-8)11(15)14-3-4-16-9(2)7-14/h8-10,12-13H,3-7H2,1-2H3. The van der Waals surface area contributed by atoms with Crippen molar-refractivity contribution in [1.29, 1.82) is 0 Å². The zero-order valence-corrected chi connectivity index (χ0v) is 10.0. The number of morpholine rings is 1. The molecule has 2 N–H and O–H groups in total. The van der Waals surface area contributed by atoms with Gasteiger partial charge in [-0.2, -0.15) is 0 Å². The van der Waals surface area contributed by atoms with Crippen LogP contribution in [0.25, 0.3) is 0 Å². The Morgan fingerprint density at radius 2 is 2.12 bits per heavy atom. The van der Waals surface area contributed by atoms with Gasteiger partial charge in [-0.15, -0.1) is 0 Å². The summed E-state index contributed by atoms with van der Waals surface area (Å²) in [4.78, 5) is 14.1. The molecule has 16 heavy (non-hydrogen) atoms. The second-order valence-electron chi connectivity index (χ2n) is 4.74. The van der Waals surface area contributed by atoms with Gasteiger partial charge in [0.2, 0.25) is 5.91 Å². The quantitative estimate of drug-likeness (QED) is 0.615. The first kappa shape index (κ1) is 11.8. The lowest BCUT2D eigenvalue weighted by molar-refractivity contribution is -0.140. The summed E-state index contributed by atoms with van der Waals surface area (Å²) in [6, 6.07) is 0.383. The van der Waals surface area contributed by atoms with Crippen LogP contribution in [0.3, 0.4) is 0 Å². The Kier molecular flexibility index (Phi) is 3.78. The molecule has 0 aromatic rings. The summed E-state index contributed by atoms with van der Waals surface area (Å²) in [6.07, 6.45) is 0.160. The summed E-state index contributed by atoms with van der Waals surface area (Å²) in [6.45, 7) is 7.80. The van der Waals surface area contributed by atoms with Gasteiger partial charge in [0.05, 0.1) is 18.8 Å². The lowest BCUT2D eigenvalue weighted by Gasteiger charge is -2.36. The fourth-order valence-corrected chi connectivity index (χ4v) is 2.20. The van der Waals surface area contributed by atoms with Gasteiger partial charge in [0.1, 0.15) is 0 Å². The molecule has 2 heterocycles. The Hall–Kier alpha value is -0.650. The highest BCUT2D eigenvalue weighted by molar-refractivity contribution is 5.82. The minimum absolute atomic E-state index is 0.0681. The van der Waals surface area contributed by atoms with Crippen LogP contribution in [0, 0.1) is 0 Å². The van der Waals surface area contributed by atoms with Crippen LogP contribution in [-0.2, 0) is 9.53 Å². The van der Waals surface area contributed by atoms with E-state index in [0.29, 0.717) is 19.2 Å². The summed E-state index contributed by atoms with van der Waals surface area (Å²) in [7, 11) is 0. The molecule has 2 aliphatic heterocycles. The fraction of sp³-hybridized carbons (Fsp3) is 0.909. The average Bonchev–Trinajstić information content (AvgIpc) is 2.29. The number of hydrogen-bond donors (Lipinski definition) is 2. The molecular weight excluding hydrogens is 206 g/mol. The van der Waals surface area contributed by atoms with Gasteiger partial charge in [-0.25, -0.2) is 0 Å². The molecule has 0 saturated carbocycles. The van der Waals surface area contributed by atoms with Gasteiger partial charge in [-0.05, 0) is 13.8 Å². The van der Waals surface area contributed by atoms with E-state index in [1.165, 1.54) is 0 Å². The number of nitrogens with zero attached hydrogens (tertiary/aromatic N) is 1. The second kappa shape index (κ2) is 5.12. The molecule has 1 amide bonds. The van der Waals surface area contributed by atoms with E-state index in [0.717, 1.165) is 19.6 Å². The molecule has 0 radical (unpaired) electrons. The van der Waals surface area contributed by atoms with Crippen molar-refractivity contribution < 1.29 is 9.53 Å². The molecular formula is C11H21N3O2. The van der Waals surface area contributed by atoms with Crippen LogP contribution in [0.5, 0.6) is 0 Å². The maximum absolute atomic E-state index is 12.2. The smallest absolute Gasteiger partial charge is 0.241 e. The normalized spacial score (nSPS) is 36.1. The van der Waals surface area contributed by atoms with E-state index < -0.39 is 0 Å². The number of hydrogen-bond acceptors (Lipinski definition) is 4. The number of piperazine rings is 1. The van der Waals surface area contributed by atoms with E-state index in [9.17, 15) is 4.79 Å². The number of nitrogens with one attached hydrogen (secondary N) is 2. The van der Waals surface area contributed by atoms with Gasteiger partial charge in [-0.1, -0.05) is 0 Å². The SMILES string of the molecule is CC1CNC(C(=O)N2CCOC(C)C2)CN1. The average molecular weight is 227 g/mol. The number of amides is 1. The molecule has 92 valence electrons. The van der Waals surface area contributed by atoms with E-state index in [2.05, 4.69) is 17.6 Å². The first-order valence-corrected chi connectivity index (χ1v) is 6.04. The molecule has 2 rings (SSSR count). The summed E-state index contributed by atoms with van der Waals surface area (Å²) in [5.74, 6) is 0.203. The molecule has 0 aliphatic carbocycles. The first-order valence-electron chi connectivity index (χ1n) is 6.04. The zero-order valence-electron chi connectivity index (χ0n) is 10.0. The lowest BCUT2D eigenvalue weighted by Crippen LogP contribution is -2.61. The third kappa shape index (κ3) is 2.72. The Labute approximate surface area is 96.5 Å². The Bertz CT molecular complexity index is 252. The number of carbonyl (C=O) groups excluding carboxylic acids is 1. The Morgan fingerprint density at radius 1 is 1.31 bits per heavy atom. The molecule has 0 spiro atoms. The molecule has 5 heteroatoms. The molecule has 2 saturated heterocycles. The van der Waals surface area contributed by atoms with Crippen molar-refractivity contribution in [1.82, 2.24) is 15.5 Å². The predicted molar refractivity (Wildman–Crippen MR) is 61.2 cm³/mol. The minimum Gasteiger partial charge on any atom is -0.375 e. The van der Waals surface area contributed by atoms with Crippen molar-refractivity contribution in [2.45, 2.75) is 32.0 Å². The molecule has 2 aliphatic rings. The number of ether oxygens (including phenoxy) is 1. The molecule has 0 bridgehead atoms. The largest absolute Gasteiger partial charge is 0.375 e. The Balaban J connectivity index is 1.86. The highest BCUT2D eigenvalue weighted by Gasteiger charge is 2.29. The van der Waals surface area contributed by atoms with Crippen LogP contribution in [0.2, 0.25) is 0 Å². The minimum atomic E-state index is -0.0681. The van der Waals surface area contributed by atoms with Crippen molar-refractivity contribution in [3.63, 3.8) is 0 Å². The Morgan fingerprint density at radius 3 is 2.75 bits per heavy atom. The van der Waals surface area contributed by atoms with Crippen LogP contribution in [-0.4, -0.2) is 61.8 Å². The van der Waals surface area contributed by atoms with Crippen molar-refractivity contribution in [3.8, 4) is 0 Å². The summed E-state index contributed by atoms with van der Waals surface area (Å²) < 4.78 is 5.43. The van der Waals surface area contributed by atoms with E-state index in [-0.39, 0.29) is 18.1 Å². The van der Waals surface area contributed by atoms with Gasteiger partial charge in [0.25, 0.3) is 0 Å². The van der Waals surface area contributed by atoms with Gasteiger partial charge >= 0.3 is 0 Å².